The molecule has 2 aliphatic rings. The molecular formula is C29H26Cl2Zr. The van der Waals surface area contributed by atoms with Crippen LogP contribution in [0.1, 0.15) is 46.1 Å². The monoisotopic (exact) mass is 534 g/mol. The molecule has 0 spiro atoms. The van der Waals surface area contributed by atoms with Gasteiger partial charge in [0.15, 0.2) is 0 Å². The molecule has 0 radical (unpaired) electrons. The van der Waals surface area contributed by atoms with Crippen molar-refractivity contribution in [2.75, 3.05) is 0 Å². The zero-order chi connectivity index (χ0) is 20.5. The van der Waals surface area contributed by atoms with Crippen LogP contribution in [-0.4, -0.2) is 3.21 Å². The Morgan fingerprint density at radius 1 is 0.750 bits per heavy atom. The maximum absolute atomic E-state index is 2.53. The Balaban J connectivity index is 0.00000144. The Morgan fingerprint density at radius 3 is 1.88 bits per heavy atom. The fourth-order valence-electron chi connectivity index (χ4n) is 4.74. The maximum atomic E-state index is 2.53. The molecule has 3 heteroatoms. The summed E-state index contributed by atoms with van der Waals surface area (Å²) in [5, 5.41) is 0. The molecule has 0 aliphatic heterocycles. The summed E-state index contributed by atoms with van der Waals surface area (Å²) in [6.07, 6.45) is 8.55. The molecule has 0 amide bonds. The Bertz CT molecular complexity index is 1180. The average Bonchev–Trinajstić information content (AvgIpc) is 3.36. The van der Waals surface area contributed by atoms with E-state index in [2.05, 4.69) is 117 Å². The van der Waals surface area contributed by atoms with Crippen molar-refractivity contribution in [1.82, 2.24) is 0 Å². The fourth-order valence-corrected chi connectivity index (χ4v) is 13.8. The molecular weight excluding hydrogens is 510 g/mol. The van der Waals surface area contributed by atoms with Gasteiger partial charge in [0.25, 0.3) is 0 Å². The van der Waals surface area contributed by atoms with Crippen LogP contribution in [0.25, 0.3) is 6.08 Å². The quantitative estimate of drug-likeness (QED) is 0.472. The van der Waals surface area contributed by atoms with Gasteiger partial charge in [0, 0.05) is 0 Å². The third kappa shape index (κ3) is 4.77. The number of rotatable bonds is 4. The molecule has 5 rings (SSSR count). The summed E-state index contributed by atoms with van der Waals surface area (Å²) < 4.78 is 3.89. The number of allylic oxidation sites excluding steroid dienone is 5. The number of fused-ring (bicyclic) bond motifs is 1. The van der Waals surface area contributed by atoms with Crippen molar-refractivity contribution in [2.45, 2.75) is 23.9 Å². The van der Waals surface area contributed by atoms with Crippen LogP contribution in [0.2, 0.25) is 0 Å². The van der Waals surface area contributed by atoms with E-state index in [1.54, 1.807) is 12.1 Å². The molecule has 0 bridgehead atoms. The van der Waals surface area contributed by atoms with Crippen LogP contribution in [0, 0.1) is 0 Å². The molecule has 3 aromatic carbocycles. The predicted octanol–water partition coefficient (Wildman–Crippen LogP) is 1.27. The van der Waals surface area contributed by atoms with Crippen molar-refractivity contribution in [3.63, 3.8) is 0 Å². The van der Waals surface area contributed by atoms with Gasteiger partial charge < -0.3 is 24.8 Å². The molecule has 0 heterocycles. The Hall–Kier alpha value is -1.79. The first-order valence-corrected chi connectivity index (χ1v) is 14.6. The molecule has 1 atom stereocenters. The minimum Gasteiger partial charge on any atom is -1.00 e. The molecule has 2 aliphatic carbocycles. The second kappa shape index (κ2) is 10.9. The van der Waals surface area contributed by atoms with Gasteiger partial charge in [0.1, 0.15) is 0 Å². The summed E-state index contributed by atoms with van der Waals surface area (Å²) in [5.41, 5.74) is 8.75. The van der Waals surface area contributed by atoms with Crippen molar-refractivity contribution in [3.8, 4) is 0 Å². The molecule has 0 N–H and O–H groups in total. The fraction of sp³-hybridized carbons (Fsp3) is 0.138. The summed E-state index contributed by atoms with van der Waals surface area (Å²) in [6.45, 7) is 4.59. The number of hydrogen-bond acceptors (Lipinski definition) is 0. The maximum Gasteiger partial charge on any atom is -1.00 e. The van der Waals surface area contributed by atoms with Crippen molar-refractivity contribution < 1.29 is 46.1 Å². The zero-order valence-corrected chi connectivity index (χ0v) is 22.3. The average molecular weight is 537 g/mol. The van der Waals surface area contributed by atoms with Crippen LogP contribution in [-0.2, 0) is 21.3 Å². The van der Waals surface area contributed by atoms with Gasteiger partial charge in [0.2, 0.25) is 0 Å². The van der Waals surface area contributed by atoms with Gasteiger partial charge in [-0.15, -0.1) is 0 Å². The van der Waals surface area contributed by atoms with Gasteiger partial charge in [0.05, 0.1) is 0 Å². The number of benzene rings is 3. The largest absolute Gasteiger partial charge is 1.00 e. The summed E-state index contributed by atoms with van der Waals surface area (Å²) in [7, 11) is 0. The number of halogens is 2. The molecule has 0 fully saturated rings. The van der Waals surface area contributed by atoms with Crippen LogP contribution in [0.4, 0.5) is 0 Å². The van der Waals surface area contributed by atoms with Crippen molar-refractivity contribution in [3.05, 3.63) is 134 Å². The molecule has 0 nitrogen and oxygen atoms in total. The van der Waals surface area contributed by atoms with E-state index in [0.717, 1.165) is 6.42 Å². The molecule has 0 saturated heterocycles. The van der Waals surface area contributed by atoms with E-state index in [9.17, 15) is 0 Å². The first-order chi connectivity index (χ1) is 14.7. The molecule has 0 saturated carbocycles. The van der Waals surface area contributed by atoms with Gasteiger partial charge in [-0.3, -0.25) is 0 Å². The summed E-state index contributed by atoms with van der Waals surface area (Å²) in [5.74, 6) is 0. The first kappa shape index (κ1) is 24.8. The normalized spacial score (nSPS) is 15.8. The van der Waals surface area contributed by atoms with E-state index < -0.39 is 21.3 Å². The standard InChI is InChI=1S/C13H10.C9H7.C7H9.2ClH.Zr/c1-3-7-12(8-4-1)11-13-9-5-2-6-10-13;1-2-5-9-7-3-6-8(9)4-1;1-6-4-3-5-7(6)2;;;/h1-10H;1-7H;4H,5H2,1-2H3;2*1H;/q;;;;;+2/p-2. The van der Waals surface area contributed by atoms with Gasteiger partial charge in [-0.1, -0.05) is 0 Å². The third-order valence-electron chi connectivity index (χ3n) is 6.37. The minimum absolute atomic E-state index is 0. The minimum atomic E-state index is -2.35. The third-order valence-corrected chi connectivity index (χ3v) is 14.4. The molecule has 32 heavy (non-hydrogen) atoms. The summed E-state index contributed by atoms with van der Waals surface area (Å²) >= 11 is -2.35. The van der Waals surface area contributed by atoms with E-state index in [0.29, 0.717) is 3.63 Å². The van der Waals surface area contributed by atoms with Crippen LogP contribution < -0.4 is 24.8 Å². The van der Waals surface area contributed by atoms with Crippen molar-refractivity contribution >= 4 is 9.28 Å². The van der Waals surface area contributed by atoms with E-state index in [1.807, 2.05) is 0 Å². The smallest absolute Gasteiger partial charge is 1.00 e. The SMILES string of the molecule is CC1=C(C)C[C]([Zr+2](=[C](c2ccccc2)c2ccccc2)[CH]2C=Cc3ccccc32)=C1.[Cl-].[Cl-]. The number of hydrogen-bond donors (Lipinski definition) is 0. The summed E-state index contributed by atoms with van der Waals surface area (Å²) in [6, 6.07) is 31.3. The van der Waals surface area contributed by atoms with Gasteiger partial charge in [-0.25, -0.2) is 0 Å². The summed E-state index contributed by atoms with van der Waals surface area (Å²) in [4.78, 5) is 0. The van der Waals surface area contributed by atoms with E-state index in [4.69, 9.17) is 0 Å². The van der Waals surface area contributed by atoms with Crippen molar-refractivity contribution in [2.24, 2.45) is 0 Å². The van der Waals surface area contributed by atoms with E-state index in [1.165, 1.54) is 27.8 Å². The topological polar surface area (TPSA) is 0 Å². The van der Waals surface area contributed by atoms with Crippen LogP contribution >= 0.6 is 0 Å². The van der Waals surface area contributed by atoms with Gasteiger partial charge in [-0.05, 0) is 0 Å². The van der Waals surface area contributed by atoms with Crippen LogP contribution in [0.15, 0.2) is 112 Å². The Labute approximate surface area is 211 Å². The Morgan fingerprint density at radius 2 is 1.31 bits per heavy atom. The molecule has 1 unspecified atom stereocenters. The zero-order valence-electron chi connectivity index (χ0n) is 18.4. The molecule has 3 aromatic rings. The van der Waals surface area contributed by atoms with Crippen LogP contribution in [0.3, 0.4) is 0 Å². The van der Waals surface area contributed by atoms with Gasteiger partial charge in [-0.2, -0.15) is 0 Å². The van der Waals surface area contributed by atoms with Crippen LogP contribution in [0.5, 0.6) is 0 Å². The molecule has 0 aromatic heterocycles. The Kier molecular flexibility index (Phi) is 8.45. The van der Waals surface area contributed by atoms with E-state index in [-0.39, 0.29) is 24.8 Å². The predicted molar refractivity (Wildman–Crippen MR) is 125 cm³/mol. The second-order valence-electron chi connectivity index (χ2n) is 8.30. The van der Waals surface area contributed by atoms with Gasteiger partial charge >= 0.3 is 188 Å². The second-order valence-corrected chi connectivity index (χ2v) is 14.7. The molecule has 160 valence electrons. The van der Waals surface area contributed by atoms with E-state index >= 15 is 0 Å². The first-order valence-electron chi connectivity index (χ1n) is 10.7. The van der Waals surface area contributed by atoms with Crippen molar-refractivity contribution in [1.29, 1.82) is 0 Å².